The molecule has 3 nitrogen and oxygen atoms in total. The van der Waals surface area contributed by atoms with Crippen LogP contribution in [0.1, 0.15) is 57.7 Å². The second-order valence-corrected chi connectivity index (χ2v) is 6.30. The molecule has 0 aliphatic heterocycles. The highest BCUT2D eigenvalue weighted by atomic mass is 127. The number of nitrogens with zero attached hydrogens (tertiary/aromatic N) is 2. The van der Waals surface area contributed by atoms with E-state index in [-0.39, 0.29) is 0 Å². The summed E-state index contributed by atoms with van der Waals surface area (Å²) in [6.07, 6.45) is 8.24. The van der Waals surface area contributed by atoms with Crippen molar-refractivity contribution in [1.82, 2.24) is 9.97 Å². The molecule has 0 saturated heterocycles. The minimum Gasteiger partial charge on any atom is -0.369 e. The third-order valence-electron chi connectivity index (χ3n) is 3.79. The predicted octanol–water partition coefficient (Wildman–Crippen LogP) is 4.20. The lowest BCUT2D eigenvalue weighted by Gasteiger charge is -2.12. The van der Waals surface area contributed by atoms with Crippen molar-refractivity contribution in [2.45, 2.75) is 51.9 Å². The monoisotopic (exact) mass is 359 g/mol. The third-order valence-corrected chi connectivity index (χ3v) is 4.58. The Hall–Kier alpha value is -0.390. The van der Waals surface area contributed by atoms with Crippen LogP contribution in [0, 0.1) is 9.49 Å². The molecule has 1 fully saturated rings. The molecule has 0 aromatic carbocycles. The molecule has 1 aliphatic carbocycles. The highest BCUT2D eigenvalue weighted by Crippen LogP contribution is 2.38. The van der Waals surface area contributed by atoms with E-state index in [0.717, 1.165) is 34.1 Å². The molecule has 1 saturated carbocycles. The lowest BCUT2D eigenvalue weighted by atomic mass is 10.0. The first-order valence-electron chi connectivity index (χ1n) is 7.00. The Bertz CT molecular complexity index is 395. The topological polar surface area (TPSA) is 37.8 Å². The average Bonchev–Trinajstić information content (AvgIpc) is 2.86. The minimum atomic E-state index is 0.578. The molecule has 0 bridgehead atoms. The summed E-state index contributed by atoms with van der Waals surface area (Å²) in [5, 5.41) is 3.39. The molecule has 1 heterocycles. The van der Waals surface area contributed by atoms with Gasteiger partial charge in [0.25, 0.3) is 0 Å². The molecule has 18 heavy (non-hydrogen) atoms. The van der Waals surface area contributed by atoms with Crippen molar-refractivity contribution < 1.29 is 0 Å². The van der Waals surface area contributed by atoms with Gasteiger partial charge >= 0.3 is 0 Å². The van der Waals surface area contributed by atoms with E-state index in [1.165, 1.54) is 25.7 Å². The molecule has 1 aromatic rings. The largest absolute Gasteiger partial charge is 0.369 e. The van der Waals surface area contributed by atoms with Gasteiger partial charge in [0.15, 0.2) is 0 Å². The molecule has 0 radical (unpaired) electrons. The minimum absolute atomic E-state index is 0.578. The van der Waals surface area contributed by atoms with E-state index in [1.54, 1.807) is 0 Å². The van der Waals surface area contributed by atoms with Crippen LogP contribution in [0.15, 0.2) is 6.20 Å². The lowest BCUT2D eigenvalue weighted by Crippen LogP contribution is -2.09. The van der Waals surface area contributed by atoms with Crippen LogP contribution in [0.3, 0.4) is 0 Å². The van der Waals surface area contributed by atoms with Crippen molar-refractivity contribution in [2.75, 3.05) is 11.9 Å². The van der Waals surface area contributed by atoms with Gasteiger partial charge in [-0.25, -0.2) is 9.97 Å². The van der Waals surface area contributed by atoms with E-state index < -0.39 is 0 Å². The smallest absolute Gasteiger partial charge is 0.143 e. The number of rotatable bonds is 5. The maximum Gasteiger partial charge on any atom is 0.143 e. The second kappa shape index (κ2) is 6.68. The average molecular weight is 359 g/mol. The van der Waals surface area contributed by atoms with Crippen LogP contribution in [0.2, 0.25) is 0 Å². The molecule has 100 valence electrons. The molecule has 2 unspecified atom stereocenters. The summed E-state index contributed by atoms with van der Waals surface area (Å²) in [6, 6.07) is 0. The summed E-state index contributed by atoms with van der Waals surface area (Å²) in [7, 11) is 0. The van der Waals surface area contributed by atoms with Gasteiger partial charge in [0.2, 0.25) is 0 Å². The number of aromatic nitrogens is 2. The normalized spacial score (nSPS) is 23.3. The third kappa shape index (κ3) is 3.33. The Morgan fingerprint density at radius 3 is 2.89 bits per heavy atom. The van der Waals surface area contributed by atoms with Gasteiger partial charge in [-0.1, -0.05) is 20.3 Å². The standard InChI is InChI=1S/C14H22IN3/c1-3-7-16-14-12(15)9-17-13(18-14)11-6-5-10(4-2)8-11/h9-11H,3-8H2,1-2H3,(H,16,17,18). The Morgan fingerprint density at radius 1 is 1.39 bits per heavy atom. The Labute approximate surface area is 123 Å². The van der Waals surface area contributed by atoms with Crippen LogP contribution in [0.5, 0.6) is 0 Å². The van der Waals surface area contributed by atoms with E-state index in [1.807, 2.05) is 6.20 Å². The lowest BCUT2D eigenvalue weighted by molar-refractivity contribution is 0.516. The molecule has 1 aromatic heterocycles. The van der Waals surface area contributed by atoms with Crippen LogP contribution >= 0.6 is 22.6 Å². The van der Waals surface area contributed by atoms with Gasteiger partial charge in [-0.05, 0) is 54.2 Å². The first-order valence-corrected chi connectivity index (χ1v) is 8.08. The summed E-state index contributed by atoms with van der Waals surface area (Å²) in [6.45, 7) is 5.44. The van der Waals surface area contributed by atoms with Crippen molar-refractivity contribution in [3.63, 3.8) is 0 Å². The highest BCUT2D eigenvalue weighted by molar-refractivity contribution is 14.1. The van der Waals surface area contributed by atoms with Crippen molar-refractivity contribution in [3.8, 4) is 0 Å². The van der Waals surface area contributed by atoms with Crippen LogP contribution in [0.25, 0.3) is 0 Å². The van der Waals surface area contributed by atoms with Gasteiger partial charge in [-0.15, -0.1) is 0 Å². The van der Waals surface area contributed by atoms with Crippen LogP contribution in [-0.2, 0) is 0 Å². The van der Waals surface area contributed by atoms with Gasteiger partial charge in [0.05, 0.1) is 3.57 Å². The van der Waals surface area contributed by atoms with E-state index in [0.29, 0.717) is 5.92 Å². The summed E-state index contributed by atoms with van der Waals surface area (Å²) in [4.78, 5) is 9.27. The van der Waals surface area contributed by atoms with E-state index in [2.05, 4.69) is 46.7 Å². The van der Waals surface area contributed by atoms with Crippen molar-refractivity contribution in [2.24, 2.45) is 5.92 Å². The zero-order chi connectivity index (χ0) is 13.0. The van der Waals surface area contributed by atoms with Crippen LogP contribution in [-0.4, -0.2) is 16.5 Å². The zero-order valence-corrected chi connectivity index (χ0v) is 13.4. The van der Waals surface area contributed by atoms with Gasteiger partial charge < -0.3 is 5.32 Å². The van der Waals surface area contributed by atoms with E-state index in [9.17, 15) is 0 Å². The summed E-state index contributed by atoms with van der Waals surface area (Å²) >= 11 is 2.30. The van der Waals surface area contributed by atoms with Crippen LogP contribution in [0.4, 0.5) is 5.82 Å². The first-order chi connectivity index (χ1) is 8.74. The van der Waals surface area contributed by atoms with Gasteiger partial charge in [-0.2, -0.15) is 0 Å². The SMILES string of the molecule is CCCNc1nc(C2CCC(CC)C2)ncc1I. The number of nitrogens with one attached hydrogen (secondary N) is 1. The quantitative estimate of drug-likeness (QED) is 0.801. The van der Waals surface area contributed by atoms with E-state index in [4.69, 9.17) is 4.98 Å². The molecular formula is C14H22IN3. The molecule has 0 spiro atoms. The van der Waals surface area contributed by atoms with E-state index >= 15 is 0 Å². The number of anilines is 1. The fourth-order valence-electron chi connectivity index (χ4n) is 2.63. The number of hydrogen-bond acceptors (Lipinski definition) is 3. The predicted molar refractivity (Wildman–Crippen MR) is 83.9 cm³/mol. The Kier molecular flexibility index (Phi) is 5.21. The van der Waals surface area contributed by atoms with Gasteiger partial charge in [-0.3, -0.25) is 0 Å². The summed E-state index contributed by atoms with van der Waals surface area (Å²) < 4.78 is 1.12. The first kappa shape index (κ1) is 14.0. The molecule has 1 aliphatic rings. The number of hydrogen-bond donors (Lipinski definition) is 1. The Morgan fingerprint density at radius 2 is 2.22 bits per heavy atom. The van der Waals surface area contributed by atoms with Crippen molar-refractivity contribution >= 4 is 28.4 Å². The maximum atomic E-state index is 4.73. The van der Waals surface area contributed by atoms with Crippen molar-refractivity contribution in [1.29, 1.82) is 0 Å². The van der Waals surface area contributed by atoms with Gasteiger partial charge in [0, 0.05) is 18.7 Å². The summed E-state index contributed by atoms with van der Waals surface area (Å²) in [5.74, 6) is 3.52. The molecule has 2 atom stereocenters. The Balaban J connectivity index is 2.09. The molecule has 4 heteroatoms. The van der Waals surface area contributed by atoms with Gasteiger partial charge in [0.1, 0.15) is 11.6 Å². The zero-order valence-electron chi connectivity index (χ0n) is 11.2. The fraction of sp³-hybridized carbons (Fsp3) is 0.714. The number of halogens is 1. The van der Waals surface area contributed by atoms with Crippen LogP contribution < -0.4 is 5.32 Å². The maximum absolute atomic E-state index is 4.73. The molecule has 1 N–H and O–H groups in total. The van der Waals surface area contributed by atoms with Crippen molar-refractivity contribution in [3.05, 3.63) is 15.6 Å². The summed E-state index contributed by atoms with van der Waals surface area (Å²) in [5.41, 5.74) is 0. The highest BCUT2D eigenvalue weighted by Gasteiger charge is 2.26. The molecule has 2 rings (SSSR count). The molecular weight excluding hydrogens is 337 g/mol. The fourth-order valence-corrected chi connectivity index (χ4v) is 3.08. The second-order valence-electron chi connectivity index (χ2n) is 5.14. The molecule has 0 amide bonds.